The van der Waals surface area contributed by atoms with E-state index < -0.39 is 0 Å². The summed E-state index contributed by atoms with van der Waals surface area (Å²) >= 11 is 0. The van der Waals surface area contributed by atoms with Crippen molar-refractivity contribution in [3.8, 4) is 0 Å². The van der Waals surface area contributed by atoms with Crippen molar-refractivity contribution in [2.45, 2.75) is 52.4 Å². The van der Waals surface area contributed by atoms with Gasteiger partial charge in [0, 0.05) is 13.2 Å². The summed E-state index contributed by atoms with van der Waals surface area (Å²) in [6.45, 7) is 5.67. The molecule has 1 radical (unpaired) electrons. The molecule has 0 bridgehead atoms. The average molecular weight is 185 g/mol. The van der Waals surface area contributed by atoms with Gasteiger partial charge in [0.2, 0.25) is 0 Å². The molecular formula is C10H22BO2. The lowest BCUT2D eigenvalue weighted by Gasteiger charge is -2.02. The minimum Gasteiger partial charge on any atom is -0.414 e. The van der Waals surface area contributed by atoms with E-state index in [-0.39, 0.29) is 0 Å². The maximum absolute atomic E-state index is 5.13. The summed E-state index contributed by atoms with van der Waals surface area (Å²) in [4.78, 5) is 0. The molecule has 77 valence electrons. The lowest BCUT2D eigenvalue weighted by atomic mass is 10.1. The largest absolute Gasteiger partial charge is 0.487 e. The number of unbranched alkanes of at least 4 members (excludes halogenated alkanes) is 5. The van der Waals surface area contributed by atoms with Crippen LogP contribution in [0.25, 0.3) is 0 Å². The van der Waals surface area contributed by atoms with Crippen molar-refractivity contribution in [2.24, 2.45) is 0 Å². The van der Waals surface area contributed by atoms with E-state index in [1.807, 2.05) is 6.92 Å². The van der Waals surface area contributed by atoms with E-state index in [1.54, 1.807) is 0 Å². The summed E-state index contributed by atoms with van der Waals surface area (Å²) in [5.74, 6) is 0. The van der Waals surface area contributed by atoms with Crippen LogP contribution in [0.1, 0.15) is 52.4 Å². The highest BCUT2D eigenvalue weighted by atomic mass is 16.6. The first-order valence-corrected chi connectivity index (χ1v) is 5.46. The Morgan fingerprint density at radius 2 is 1.54 bits per heavy atom. The molecule has 0 fully saturated rings. The van der Waals surface area contributed by atoms with Crippen molar-refractivity contribution in [2.75, 3.05) is 13.2 Å². The summed E-state index contributed by atoms with van der Waals surface area (Å²) in [6, 6.07) is 0. The molecule has 0 aromatic heterocycles. The molecule has 0 saturated carbocycles. The van der Waals surface area contributed by atoms with Gasteiger partial charge in [-0.3, -0.25) is 0 Å². The SMILES string of the molecule is CCCCCCCCO[B]OCC. The third-order valence-corrected chi connectivity index (χ3v) is 1.92. The molecule has 0 rings (SSSR count). The smallest absolute Gasteiger partial charge is 0.414 e. The highest BCUT2D eigenvalue weighted by molar-refractivity contribution is 6.17. The molecule has 0 saturated heterocycles. The molecule has 3 heteroatoms. The van der Waals surface area contributed by atoms with Crippen LogP contribution in [-0.4, -0.2) is 20.9 Å². The van der Waals surface area contributed by atoms with Crippen LogP contribution in [0.4, 0.5) is 0 Å². The molecule has 0 amide bonds. The second kappa shape index (κ2) is 12.0. The van der Waals surface area contributed by atoms with Crippen LogP contribution in [0.15, 0.2) is 0 Å². The van der Waals surface area contributed by atoms with Gasteiger partial charge >= 0.3 is 7.69 Å². The predicted octanol–water partition coefficient (Wildman–Crippen LogP) is 2.93. The lowest BCUT2D eigenvalue weighted by molar-refractivity contribution is 0.225. The van der Waals surface area contributed by atoms with Crippen molar-refractivity contribution < 1.29 is 9.31 Å². The molecule has 13 heavy (non-hydrogen) atoms. The standard InChI is InChI=1S/C10H22BO2/c1-3-5-6-7-8-9-10-13-11-12-4-2/h3-10H2,1-2H3. The van der Waals surface area contributed by atoms with E-state index in [1.165, 1.54) is 39.8 Å². The number of hydrogen-bond acceptors (Lipinski definition) is 2. The molecule has 0 spiro atoms. The van der Waals surface area contributed by atoms with Crippen LogP contribution in [-0.2, 0) is 9.31 Å². The van der Waals surface area contributed by atoms with Gasteiger partial charge in [0.05, 0.1) is 0 Å². The zero-order chi connectivity index (χ0) is 9.78. The fourth-order valence-corrected chi connectivity index (χ4v) is 1.13. The quantitative estimate of drug-likeness (QED) is 0.384. The van der Waals surface area contributed by atoms with Crippen LogP contribution >= 0.6 is 0 Å². The van der Waals surface area contributed by atoms with E-state index in [2.05, 4.69) is 6.92 Å². The molecule has 0 aliphatic heterocycles. The maximum Gasteiger partial charge on any atom is 0.487 e. The van der Waals surface area contributed by atoms with Gasteiger partial charge in [-0.25, -0.2) is 0 Å². The van der Waals surface area contributed by atoms with Crippen LogP contribution in [0.5, 0.6) is 0 Å². The van der Waals surface area contributed by atoms with Crippen LogP contribution in [0.3, 0.4) is 0 Å². The van der Waals surface area contributed by atoms with Crippen molar-refractivity contribution >= 4 is 7.69 Å². The summed E-state index contributed by atoms with van der Waals surface area (Å²) in [5, 5.41) is 0. The fourth-order valence-electron chi connectivity index (χ4n) is 1.13. The third kappa shape index (κ3) is 12.0. The van der Waals surface area contributed by atoms with Gasteiger partial charge in [0.15, 0.2) is 0 Å². The molecule has 0 heterocycles. The Balaban J connectivity index is 2.76. The van der Waals surface area contributed by atoms with E-state index in [0.29, 0.717) is 6.61 Å². The molecule has 0 atom stereocenters. The maximum atomic E-state index is 5.13. The number of hydrogen-bond donors (Lipinski definition) is 0. The topological polar surface area (TPSA) is 18.5 Å². The zero-order valence-corrected chi connectivity index (χ0v) is 9.05. The molecule has 0 aromatic rings. The Labute approximate surface area is 83.3 Å². The monoisotopic (exact) mass is 185 g/mol. The third-order valence-electron chi connectivity index (χ3n) is 1.92. The van der Waals surface area contributed by atoms with Gasteiger partial charge in [0.25, 0.3) is 0 Å². The van der Waals surface area contributed by atoms with Crippen molar-refractivity contribution in [3.05, 3.63) is 0 Å². The minimum atomic E-state index is 0.691. The summed E-state index contributed by atoms with van der Waals surface area (Å²) < 4.78 is 10.1. The summed E-state index contributed by atoms with van der Waals surface area (Å²) in [7, 11) is 1.45. The van der Waals surface area contributed by atoms with Gasteiger partial charge in [-0.15, -0.1) is 0 Å². The first-order valence-electron chi connectivity index (χ1n) is 5.46. The fraction of sp³-hybridized carbons (Fsp3) is 1.00. The van der Waals surface area contributed by atoms with Crippen LogP contribution < -0.4 is 0 Å². The van der Waals surface area contributed by atoms with Crippen LogP contribution in [0, 0.1) is 0 Å². The first-order chi connectivity index (χ1) is 6.41. The van der Waals surface area contributed by atoms with Gasteiger partial charge in [-0.2, -0.15) is 0 Å². The van der Waals surface area contributed by atoms with E-state index in [0.717, 1.165) is 13.0 Å². The van der Waals surface area contributed by atoms with Crippen molar-refractivity contribution in [3.63, 3.8) is 0 Å². The highest BCUT2D eigenvalue weighted by Gasteiger charge is 1.93. The minimum absolute atomic E-state index is 0.691. The molecule has 0 aliphatic rings. The van der Waals surface area contributed by atoms with E-state index in [4.69, 9.17) is 9.31 Å². The van der Waals surface area contributed by atoms with Crippen molar-refractivity contribution in [1.29, 1.82) is 0 Å². The molecule has 0 unspecified atom stereocenters. The Morgan fingerprint density at radius 3 is 2.23 bits per heavy atom. The van der Waals surface area contributed by atoms with E-state index in [9.17, 15) is 0 Å². The Kier molecular flexibility index (Phi) is 12.0. The van der Waals surface area contributed by atoms with Crippen molar-refractivity contribution in [1.82, 2.24) is 0 Å². The second-order valence-electron chi connectivity index (χ2n) is 3.19. The zero-order valence-electron chi connectivity index (χ0n) is 9.05. The summed E-state index contributed by atoms with van der Waals surface area (Å²) in [5.41, 5.74) is 0. The van der Waals surface area contributed by atoms with E-state index >= 15 is 0 Å². The van der Waals surface area contributed by atoms with Gasteiger partial charge in [-0.1, -0.05) is 39.0 Å². The lowest BCUT2D eigenvalue weighted by Crippen LogP contribution is -2.05. The molecular weight excluding hydrogens is 163 g/mol. The Hall–Kier alpha value is -0.0151. The van der Waals surface area contributed by atoms with Crippen LogP contribution in [0.2, 0.25) is 0 Å². The molecule has 2 nitrogen and oxygen atoms in total. The Morgan fingerprint density at radius 1 is 0.846 bits per heavy atom. The Bertz CT molecular complexity index is 79.0. The molecule has 0 aliphatic carbocycles. The first kappa shape index (κ1) is 13.0. The normalized spacial score (nSPS) is 10.3. The highest BCUT2D eigenvalue weighted by Crippen LogP contribution is 2.04. The average Bonchev–Trinajstić information content (AvgIpc) is 2.16. The predicted molar refractivity (Wildman–Crippen MR) is 56.7 cm³/mol. The second-order valence-corrected chi connectivity index (χ2v) is 3.19. The number of rotatable bonds is 10. The van der Waals surface area contributed by atoms with Gasteiger partial charge in [-0.05, 0) is 13.3 Å². The molecule has 0 N–H and O–H groups in total. The molecule has 0 aromatic carbocycles. The van der Waals surface area contributed by atoms with Gasteiger partial charge < -0.3 is 9.31 Å². The van der Waals surface area contributed by atoms with Gasteiger partial charge in [0.1, 0.15) is 0 Å². The summed E-state index contributed by atoms with van der Waals surface area (Å²) in [6.07, 6.45) is 7.81.